The molecule has 0 radical (unpaired) electrons. The second kappa shape index (κ2) is 6.99. The van der Waals surface area contributed by atoms with E-state index in [9.17, 15) is 9.59 Å². The van der Waals surface area contributed by atoms with Crippen molar-refractivity contribution in [1.82, 2.24) is 5.32 Å². The summed E-state index contributed by atoms with van der Waals surface area (Å²) >= 11 is 0. The van der Waals surface area contributed by atoms with Gasteiger partial charge in [0.25, 0.3) is 5.91 Å². The van der Waals surface area contributed by atoms with E-state index in [0.717, 1.165) is 5.69 Å². The minimum absolute atomic E-state index is 0.234. The Labute approximate surface area is 156 Å². The van der Waals surface area contributed by atoms with Crippen molar-refractivity contribution in [3.05, 3.63) is 83.4 Å². The number of ether oxygens (including phenoxy) is 2. The van der Waals surface area contributed by atoms with Crippen LogP contribution in [0.15, 0.2) is 77.8 Å². The van der Waals surface area contributed by atoms with Crippen molar-refractivity contribution < 1.29 is 19.1 Å². The quantitative estimate of drug-likeness (QED) is 0.847. The summed E-state index contributed by atoms with van der Waals surface area (Å²) in [6.45, 7) is 2.38. The number of carbonyl (C=O) groups is 2. The van der Waals surface area contributed by atoms with Gasteiger partial charge in [-0.15, -0.1) is 0 Å². The average molecular weight is 362 g/mol. The molecule has 2 heterocycles. The van der Waals surface area contributed by atoms with Crippen molar-refractivity contribution >= 4 is 17.6 Å². The van der Waals surface area contributed by atoms with Gasteiger partial charge in [-0.2, -0.15) is 0 Å². The lowest BCUT2D eigenvalue weighted by Crippen LogP contribution is -2.36. The molecule has 6 heteroatoms. The van der Waals surface area contributed by atoms with Gasteiger partial charge < -0.3 is 19.7 Å². The number of fused-ring (bicyclic) bond motifs is 3. The van der Waals surface area contributed by atoms with Gasteiger partial charge in [-0.25, -0.2) is 4.79 Å². The number of nitrogens with one attached hydrogen (secondary N) is 1. The summed E-state index contributed by atoms with van der Waals surface area (Å²) in [5.41, 5.74) is 2.26. The summed E-state index contributed by atoms with van der Waals surface area (Å²) in [4.78, 5) is 26.8. The minimum Gasteiger partial charge on any atom is -0.462 e. The van der Waals surface area contributed by atoms with Gasteiger partial charge in [0.1, 0.15) is 5.57 Å². The van der Waals surface area contributed by atoms with Crippen molar-refractivity contribution in [2.45, 2.75) is 6.92 Å². The highest BCUT2D eigenvalue weighted by Gasteiger charge is 2.35. The van der Waals surface area contributed by atoms with E-state index >= 15 is 0 Å². The van der Waals surface area contributed by atoms with E-state index in [-0.39, 0.29) is 18.1 Å². The highest BCUT2D eigenvalue weighted by Crippen LogP contribution is 2.42. The predicted molar refractivity (Wildman–Crippen MR) is 100 cm³/mol. The van der Waals surface area contributed by atoms with Crippen LogP contribution < -0.4 is 15.0 Å². The zero-order valence-electron chi connectivity index (χ0n) is 14.8. The maximum absolute atomic E-state index is 12.5. The van der Waals surface area contributed by atoms with Gasteiger partial charge in [-0.3, -0.25) is 4.79 Å². The molecule has 0 bridgehead atoms. The normalized spacial score (nSPS) is 14.7. The van der Waals surface area contributed by atoms with Crippen LogP contribution in [0, 0.1) is 0 Å². The fraction of sp³-hybridized carbons (Fsp3) is 0.143. The van der Waals surface area contributed by atoms with Crippen LogP contribution in [0.5, 0.6) is 5.75 Å². The smallest absolute Gasteiger partial charge is 0.343 e. The molecule has 2 aliphatic heterocycles. The number of anilines is 1. The Morgan fingerprint density at radius 1 is 1.11 bits per heavy atom. The molecule has 0 aromatic heterocycles. The fourth-order valence-electron chi connectivity index (χ4n) is 3.08. The molecule has 0 saturated heterocycles. The third-order valence-electron chi connectivity index (χ3n) is 4.29. The van der Waals surface area contributed by atoms with Crippen LogP contribution in [-0.4, -0.2) is 25.0 Å². The Balaban J connectivity index is 1.67. The van der Waals surface area contributed by atoms with Crippen molar-refractivity contribution in [1.29, 1.82) is 0 Å². The van der Waals surface area contributed by atoms with Crippen molar-refractivity contribution in [2.24, 2.45) is 0 Å². The summed E-state index contributed by atoms with van der Waals surface area (Å²) in [7, 11) is 0. The minimum atomic E-state index is -0.489. The Bertz CT molecular complexity index is 963. The number of amides is 1. The zero-order chi connectivity index (χ0) is 18.8. The number of para-hydroxylation sites is 2. The second-order valence-corrected chi connectivity index (χ2v) is 6.08. The highest BCUT2D eigenvalue weighted by atomic mass is 16.5. The van der Waals surface area contributed by atoms with Crippen molar-refractivity contribution in [3.8, 4) is 5.75 Å². The topological polar surface area (TPSA) is 67.9 Å². The standard InChI is InChI=1S/C21H18N2O4/c1-2-26-21(25)16-12-15(22-19(24)14-8-4-3-5-9-14)13-23-17-10-6-7-11-18(17)27-20(16)23/h3-12H,2,13H2,1H3,(H,22,24). The van der Waals surface area contributed by atoms with Crippen molar-refractivity contribution in [2.75, 3.05) is 18.1 Å². The summed E-state index contributed by atoms with van der Waals surface area (Å²) in [5.74, 6) is 0.365. The van der Waals surface area contributed by atoms with Crippen LogP contribution in [0.4, 0.5) is 5.69 Å². The van der Waals surface area contributed by atoms with Crippen LogP contribution in [0.3, 0.4) is 0 Å². The molecule has 0 aliphatic carbocycles. The third-order valence-corrected chi connectivity index (χ3v) is 4.29. The molecule has 2 aromatic carbocycles. The molecule has 136 valence electrons. The molecule has 4 rings (SSSR count). The second-order valence-electron chi connectivity index (χ2n) is 6.08. The monoisotopic (exact) mass is 362 g/mol. The lowest BCUT2D eigenvalue weighted by atomic mass is 10.1. The highest BCUT2D eigenvalue weighted by molar-refractivity contribution is 5.97. The van der Waals surface area contributed by atoms with Gasteiger partial charge >= 0.3 is 5.97 Å². The number of benzene rings is 2. The molecule has 2 aromatic rings. The number of carbonyl (C=O) groups excluding carboxylic acids is 2. The molecule has 6 nitrogen and oxygen atoms in total. The van der Waals surface area contributed by atoms with Crippen LogP contribution in [0.1, 0.15) is 17.3 Å². The number of hydrogen-bond acceptors (Lipinski definition) is 5. The molecule has 0 unspecified atom stereocenters. The molecule has 2 aliphatic rings. The summed E-state index contributed by atoms with van der Waals surface area (Å²) in [6, 6.07) is 16.4. The Kier molecular flexibility index (Phi) is 4.38. The van der Waals surface area contributed by atoms with Crippen molar-refractivity contribution in [3.63, 3.8) is 0 Å². The first-order valence-corrected chi connectivity index (χ1v) is 8.70. The van der Waals surface area contributed by atoms with E-state index in [4.69, 9.17) is 9.47 Å². The average Bonchev–Trinajstić information content (AvgIpc) is 3.07. The van der Waals surface area contributed by atoms with Crippen LogP contribution >= 0.6 is 0 Å². The van der Waals surface area contributed by atoms with E-state index in [2.05, 4.69) is 5.32 Å². The first-order chi connectivity index (χ1) is 13.2. The Morgan fingerprint density at radius 3 is 2.63 bits per heavy atom. The van der Waals surface area contributed by atoms with Crippen LogP contribution in [0.2, 0.25) is 0 Å². The molecule has 0 fully saturated rings. The van der Waals surface area contributed by atoms with E-state index < -0.39 is 5.97 Å². The van der Waals surface area contributed by atoms with E-state index in [1.807, 2.05) is 35.2 Å². The first-order valence-electron chi connectivity index (χ1n) is 8.70. The van der Waals surface area contributed by atoms with E-state index in [1.165, 1.54) is 0 Å². The number of esters is 1. The molecular weight excluding hydrogens is 344 g/mol. The molecule has 1 amide bonds. The molecular formula is C21H18N2O4. The Morgan fingerprint density at radius 2 is 1.85 bits per heavy atom. The van der Waals surface area contributed by atoms with E-state index in [1.54, 1.807) is 37.3 Å². The Hall–Kier alpha value is -3.54. The summed E-state index contributed by atoms with van der Waals surface area (Å²) in [5, 5.41) is 2.89. The van der Waals surface area contributed by atoms with Gasteiger partial charge in [0.05, 0.1) is 18.8 Å². The van der Waals surface area contributed by atoms with Gasteiger partial charge in [-0.1, -0.05) is 30.3 Å². The van der Waals surface area contributed by atoms with Gasteiger partial charge in [0.15, 0.2) is 5.75 Å². The third kappa shape index (κ3) is 3.17. The number of nitrogens with zero attached hydrogens (tertiary/aromatic N) is 1. The summed E-state index contributed by atoms with van der Waals surface area (Å²) in [6.07, 6.45) is 1.62. The molecule has 0 atom stereocenters. The maximum Gasteiger partial charge on any atom is 0.343 e. The van der Waals surface area contributed by atoms with Gasteiger partial charge in [0, 0.05) is 11.3 Å². The van der Waals surface area contributed by atoms with E-state index in [0.29, 0.717) is 29.4 Å². The van der Waals surface area contributed by atoms with Gasteiger partial charge in [-0.05, 0) is 37.3 Å². The zero-order valence-corrected chi connectivity index (χ0v) is 14.8. The predicted octanol–water partition coefficient (Wildman–Crippen LogP) is 2.99. The lowest BCUT2D eigenvalue weighted by molar-refractivity contribution is -0.138. The van der Waals surface area contributed by atoms with Gasteiger partial charge in [0.2, 0.25) is 5.88 Å². The molecule has 0 spiro atoms. The molecule has 1 N–H and O–H groups in total. The summed E-state index contributed by atoms with van der Waals surface area (Å²) < 4.78 is 11.0. The van der Waals surface area contributed by atoms with Crippen LogP contribution in [0.25, 0.3) is 0 Å². The SMILES string of the molecule is CCOC(=O)C1=C2Oc3ccccc3N2CC(NC(=O)c2ccccc2)=C1. The lowest BCUT2D eigenvalue weighted by Gasteiger charge is -2.26. The molecule has 27 heavy (non-hydrogen) atoms. The first kappa shape index (κ1) is 16.9. The number of rotatable bonds is 4. The van der Waals surface area contributed by atoms with Crippen LogP contribution in [-0.2, 0) is 9.53 Å². The number of hydrogen-bond donors (Lipinski definition) is 1. The molecule has 0 saturated carbocycles. The maximum atomic E-state index is 12.5. The largest absolute Gasteiger partial charge is 0.462 e. The fourth-order valence-corrected chi connectivity index (χ4v) is 3.08.